The van der Waals surface area contributed by atoms with Crippen molar-refractivity contribution in [2.24, 2.45) is 0 Å². The summed E-state index contributed by atoms with van der Waals surface area (Å²) in [6, 6.07) is 8.13. The minimum Gasteiger partial charge on any atom is -0.358 e. The van der Waals surface area contributed by atoms with Crippen molar-refractivity contribution < 1.29 is 4.79 Å². The first-order chi connectivity index (χ1) is 10.2. The molecular formula is C16H16N4O. The number of nitrogens with zero attached hydrogens (tertiary/aromatic N) is 2. The molecule has 0 fully saturated rings. The van der Waals surface area contributed by atoms with Gasteiger partial charge in [-0.3, -0.25) is 9.89 Å². The van der Waals surface area contributed by atoms with E-state index in [0.717, 1.165) is 18.5 Å². The fourth-order valence-corrected chi connectivity index (χ4v) is 3.04. The second-order valence-electron chi connectivity index (χ2n) is 5.57. The summed E-state index contributed by atoms with van der Waals surface area (Å²) in [6.45, 7) is 3.46. The Balaban J connectivity index is 1.72. The van der Waals surface area contributed by atoms with Crippen molar-refractivity contribution >= 4 is 16.8 Å². The summed E-state index contributed by atoms with van der Waals surface area (Å²) in [5.74, 6) is -0.0103. The number of benzene rings is 1. The lowest BCUT2D eigenvalue weighted by Crippen LogP contribution is -2.36. The van der Waals surface area contributed by atoms with E-state index < -0.39 is 0 Å². The normalized spacial score (nSPS) is 14.4. The Kier molecular flexibility index (Phi) is 2.60. The highest BCUT2D eigenvalue weighted by molar-refractivity contribution is 5.93. The van der Waals surface area contributed by atoms with E-state index in [1.165, 1.54) is 22.2 Å². The van der Waals surface area contributed by atoms with Gasteiger partial charge < -0.3 is 9.88 Å². The highest BCUT2D eigenvalue weighted by atomic mass is 16.2. The average molecular weight is 280 g/mol. The average Bonchev–Trinajstić information content (AvgIpc) is 3.13. The topological polar surface area (TPSA) is 64.8 Å². The number of rotatable bonds is 1. The molecule has 0 radical (unpaired) electrons. The summed E-state index contributed by atoms with van der Waals surface area (Å²) >= 11 is 0. The van der Waals surface area contributed by atoms with Crippen molar-refractivity contribution in [3.63, 3.8) is 0 Å². The molecule has 0 saturated heterocycles. The Morgan fingerprint density at radius 3 is 3.05 bits per heavy atom. The van der Waals surface area contributed by atoms with E-state index in [1.54, 1.807) is 12.3 Å². The number of hydrogen-bond donors (Lipinski definition) is 2. The van der Waals surface area contributed by atoms with E-state index in [2.05, 4.69) is 40.3 Å². The van der Waals surface area contributed by atoms with Crippen LogP contribution >= 0.6 is 0 Å². The van der Waals surface area contributed by atoms with Gasteiger partial charge in [-0.2, -0.15) is 5.10 Å². The monoisotopic (exact) mass is 280 g/mol. The molecule has 0 bridgehead atoms. The van der Waals surface area contributed by atoms with Crippen LogP contribution in [-0.2, 0) is 13.0 Å². The summed E-state index contributed by atoms with van der Waals surface area (Å²) in [5.41, 5.74) is 5.36. The number of carbonyl (C=O) groups excluding carboxylic acids is 1. The van der Waals surface area contributed by atoms with Gasteiger partial charge in [-0.1, -0.05) is 11.6 Å². The summed E-state index contributed by atoms with van der Waals surface area (Å²) in [5, 5.41) is 7.91. The van der Waals surface area contributed by atoms with Crippen molar-refractivity contribution in [3.05, 3.63) is 53.0 Å². The van der Waals surface area contributed by atoms with E-state index >= 15 is 0 Å². The van der Waals surface area contributed by atoms with Crippen LogP contribution in [0.25, 0.3) is 10.9 Å². The third-order valence-electron chi connectivity index (χ3n) is 4.14. The first-order valence-electron chi connectivity index (χ1n) is 7.11. The Bertz CT molecular complexity index is 816. The maximum Gasteiger partial charge on any atom is 0.274 e. The van der Waals surface area contributed by atoms with Gasteiger partial charge in [-0.15, -0.1) is 0 Å². The summed E-state index contributed by atoms with van der Waals surface area (Å²) in [7, 11) is 0. The van der Waals surface area contributed by atoms with Crippen molar-refractivity contribution in [1.82, 2.24) is 20.1 Å². The molecule has 2 N–H and O–H groups in total. The zero-order chi connectivity index (χ0) is 14.4. The molecule has 0 unspecified atom stereocenters. The lowest BCUT2D eigenvalue weighted by atomic mass is 10.0. The predicted molar refractivity (Wildman–Crippen MR) is 80.1 cm³/mol. The molecule has 0 atom stereocenters. The summed E-state index contributed by atoms with van der Waals surface area (Å²) < 4.78 is 0. The van der Waals surface area contributed by atoms with Crippen LogP contribution in [0.15, 0.2) is 30.5 Å². The van der Waals surface area contributed by atoms with E-state index in [1.807, 2.05) is 4.90 Å². The Morgan fingerprint density at radius 2 is 2.24 bits per heavy atom. The van der Waals surface area contributed by atoms with Crippen LogP contribution in [0.5, 0.6) is 0 Å². The maximum atomic E-state index is 12.4. The standard InChI is InChI=1S/C16H16N4O/c1-10-2-3-13-11(8-10)12-9-20(7-5-14(12)18-13)16(21)15-4-6-17-19-15/h2-4,6,8,18H,5,7,9H2,1H3,(H,17,19). The minimum atomic E-state index is -0.0103. The molecule has 21 heavy (non-hydrogen) atoms. The Morgan fingerprint density at radius 1 is 1.33 bits per heavy atom. The molecule has 0 spiro atoms. The zero-order valence-electron chi connectivity index (χ0n) is 11.8. The van der Waals surface area contributed by atoms with Crippen molar-refractivity contribution in [2.45, 2.75) is 19.9 Å². The molecule has 1 aliphatic heterocycles. The van der Waals surface area contributed by atoms with Crippen LogP contribution in [0.3, 0.4) is 0 Å². The fraction of sp³-hybridized carbons (Fsp3) is 0.250. The lowest BCUT2D eigenvalue weighted by Gasteiger charge is -2.26. The van der Waals surface area contributed by atoms with Crippen LogP contribution in [0.4, 0.5) is 0 Å². The minimum absolute atomic E-state index is 0.0103. The predicted octanol–water partition coefficient (Wildman–Crippen LogP) is 2.40. The van der Waals surface area contributed by atoms with E-state index in [9.17, 15) is 4.79 Å². The number of fused-ring (bicyclic) bond motifs is 3. The van der Waals surface area contributed by atoms with Crippen molar-refractivity contribution in [2.75, 3.05) is 6.54 Å². The van der Waals surface area contributed by atoms with Crippen LogP contribution in [0.2, 0.25) is 0 Å². The first-order valence-corrected chi connectivity index (χ1v) is 7.11. The SMILES string of the molecule is Cc1ccc2[nH]c3c(c2c1)CN(C(=O)c1cc[nH]n1)CC3. The van der Waals surface area contributed by atoms with Crippen molar-refractivity contribution in [1.29, 1.82) is 0 Å². The van der Waals surface area contributed by atoms with Gasteiger partial charge in [-0.25, -0.2) is 0 Å². The quantitative estimate of drug-likeness (QED) is 0.719. The molecule has 1 aliphatic rings. The number of H-pyrrole nitrogens is 2. The van der Waals surface area contributed by atoms with Gasteiger partial charge in [0.1, 0.15) is 5.69 Å². The molecular weight excluding hydrogens is 264 g/mol. The third-order valence-corrected chi connectivity index (χ3v) is 4.14. The molecule has 4 rings (SSSR count). The molecule has 106 valence electrons. The first kappa shape index (κ1) is 12.2. The maximum absolute atomic E-state index is 12.4. The molecule has 5 heteroatoms. The molecule has 3 aromatic rings. The number of amides is 1. The molecule has 2 aromatic heterocycles. The number of aromatic nitrogens is 3. The van der Waals surface area contributed by atoms with E-state index in [4.69, 9.17) is 0 Å². The molecule has 1 amide bonds. The third kappa shape index (κ3) is 1.93. The van der Waals surface area contributed by atoms with Crippen LogP contribution in [0, 0.1) is 6.92 Å². The molecule has 5 nitrogen and oxygen atoms in total. The number of nitrogens with one attached hydrogen (secondary N) is 2. The fourth-order valence-electron chi connectivity index (χ4n) is 3.04. The molecule has 0 aliphatic carbocycles. The van der Waals surface area contributed by atoms with Gasteiger partial charge in [0, 0.05) is 47.9 Å². The Hall–Kier alpha value is -2.56. The van der Waals surface area contributed by atoms with Gasteiger partial charge in [0.25, 0.3) is 5.91 Å². The van der Waals surface area contributed by atoms with Crippen LogP contribution in [0.1, 0.15) is 27.3 Å². The second kappa shape index (κ2) is 4.48. The highest BCUT2D eigenvalue weighted by Crippen LogP contribution is 2.28. The zero-order valence-corrected chi connectivity index (χ0v) is 11.8. The van der Waals surface area contributed by atoms with E-state index in [0.29, 0.717) is 12.2 Å². The molecule has 1 aromatic carbocycles. The summed E-state index contributed by atoms with van der Waals surface area (Å²) in [4.78, 5) is 17.8. The summed E-state index contributed by atoms with van der Waals surface area (Å²) in [6.07, 6.45) is 2.54. The van der Waals surface area contributed by atoms with E-state index in [-0.39, 0.29) is 5.91 Å². The molecule has 0 saturated carbocycles. The number of carbonyl (C=O) groups is 1. The van der Waals surface area contributed by atoms with Gasteiger partial charge in [0.2, 0.25) is 0 Å². The van der Waals surface area contributed by atoms with Crippen LogP contribution in [-0.4, -0.2) is 32.5 Å². The molecule has 3 heterocycles. The van der Waals surface area contributed by atoms with Gasteiger partial charge in [0.15, 0.2) is 0 Å². The Labute approximate surface area is 122 Å². The number of aryl methyl sites for hydroxylation is 1. The van der Waals surface area contributed by atoms with Gasteiger partial charge >= 0.3 is 0 Å². The van der Waals surface area contributed by atoms with Crippen LogP contribution < -0.4 is 0 Å². The largest absolute Gasteiger partial charge is 0.358 e. The highest BCUT2D eigenvalue weighted by Gasteiger charge is 2.25. The van der Waals surface area contributed by atoms with Gasteiger partial charge in [0.05, 0.1) is 0 Å². The van der Waals surface area contributed by atoms with Crippen molar-refractivity contribution in [3.8, 4) is 0 Å². The number of hydrogen-bond acceptors (Lipinski definition) is 2. The number of aromatic amines is 2. The van der Waals surface area contributed by atoms with Gasteiger partial charge in [-0.05, 0) is 25.1 Å². The lowest BCUT2D eigenvalue weighted by molar-refractivity contribution is 0.0729. The second-order valence-corrected chi connectivity index (χ2v) is 5.57. The smallest absolute Gasteiger partial charge is 0.274 e.